The summed E-state index contributed by atoms with van der Waals surface area (Å²) < 4.78 is 0. The molecule has 9 heteroatoms. The summed E-state index contributed by atoms with van der Waals surface area (Å²) in [5.41, 5.74) is 1.30. The van der Waals surface area contributed by atoms with Crippen LogP contribution in [0.15, 0.2) is 42.9 Å². The van der Waals surface area contributed by atoms with Crippen molar-refractivity contribution in [3.05, 3.63) is 48.4 Å². The number of urea groups is 1. The normalized spacial score (nSPS) is 15.7. The first-order chi connectivity index (χ1) is 13.6. The Balaban J connectivity index is 1.65. The lowest BCUT2D eigenvalue weighted by atomic mass is 10.0. The van der Waals surface area contributed by atoms with Gasteiger partial charge in [-0.05, 0) is 24.6 Å². The van der Waals surface area contributed by atoms with Gasteiger partial charge in [0.25, 0.3) is 0 Å². The summed E-state index contributed by atoms with van der Waals surface area (Å²) in [5.74, 6) is -0.0906. The fourth-order valence-corrected chi connectivity index (χ4v) is 3.26. The van der Waals surface area contributed by atoms with Crippen molar-refractivity contribution in [2.24, 2.45) is 0 Å². The van der Waals surface area contributed by atoms with E-state index in [1.54, 1.807) is 42.9 Å². The summed E-state index contributed by atoms with van der Waals surface area (Å²) in [6.07, 6.45) is 4.99. The topological polar surface area (TPSA) is 111 Å². The van der Waals surface area contributed by atoms with Gasteiger partial charge in [0.05, 0.1) is 6.20 Å². The lowest BCUT2D eigenvalue weighted by molar-refractivity contribution is -0.143. The maximum atomic E-state index is 11.9. The number of piperazine rings is 1. The van der Waals surface area contributed by atoms with Crippen LogP contribution in [-0.4, -0.2) is 64.7 Å². The molecular formula is C19H24N6O3. The highest BCUT2D eigenvalue weighted by Gasteiger charge is 2.30. The second kappa shape index (κ2) is 9.14. The molecule has 9 nitrogen and oxygen atoms in total. The van der Waals surface area contributed by atoms with Crippen LogP contribution in [0.4, 0.5) is 16.3 Å². The molecule has 3 rings (SSSR count). The number of aliphatic carboxylic acids is 1. The van der Waals surface area contributed by atoms with E-state index >= 15 is 0 Å². The van der Waals surface area contributed by atoms with Gasteiger partial charge in [0.15, 0.2) is 0 Å². The molecule has 148 valence electrons. The lowest BCUT2D eigenvalue weighted by Crippen LogP contribution is -2.49. The molecule has 1 fully saturated rings. The maximum absolute atomic E-state index is 11.9. The van der Waals surface area contributed by atoms with Crippen LogP contribution >= 0.6 is 0 Å². The van der Waals surface area contributed by atoms with Crippen LogP contribution < -0.4 is 15.5 Å². The number of rotatable bonds is 6. The molecule has 0 aliphatic carbocycles. The Kier molecular flexibility index (Phi) is 6.38. The van der Waals surface area contributed by atoms with Crippen molar-refractivity contribution in [1.29, 1.82) is 0 Å². The Morgan fingerprint density at radius 1 is 1.14 bits per heavy atom. The highest BCUT2D eigenvalue weighted by molar-refractivity contribution is 5.89. The molecule has 28 heavy (non-hydrogen) atoms. The zero-order valence-corrected chi connectivity index (χ0v) is 15.7. The highest BCUT2D eigenvalue weighted by Crippen LogP contribution is 2.25. The fourth-order valence-electron chi connectivity index (χ4n) is 3.26. The van der Waals surface area contributed by atoms with Crippen molar-refractivity contribution in [2.75, 3.05) is 42.9 Å². The molecule has 1 aromatic heterocycles. The van der Waals surface area contributed by atoms with Crippen LogP contribution in [0.5, 0.6) is 0 Å². The molecule has 1 aromatic carbocycles. The zero-order valence-electron chi connectivity index (χ0n) is 15.7. The average molecular weight is 384 g/mol. The molecule has 0 bridgehead atoms. The van der Waals surface area contributed by atoms with Crippen molar-refractivity contribution in [3.8, 4) is 0 Å². The summed E-state index contributed by atoms with van der Waals surface area (Å²) in [5, 5.41) is 15.2. The van der Waals surface area contributed by atoms with E-state index in [-0.39, 0.29) is 6.03 Å². The first-order valence-electron chi connectivity index (χ1n) is 9.21. The molecule has 0 radical (unpaired) electrons. The molecule has 2 heterocycles. The van der Waals surface area contributed by atoms with Gasteiger partial charge in [0, 0.05) is 50.8 Å². The minimum atomic E-state index is -0.891. The quantitative estimate of drug-likeness (QED) is 0.693. The van der Waals surface area contributed by atoms with Gasteiger partial charge in [-0.1, -0.05) is 12.1 Å². The maximum Gasteiger partial charge on any atom is 0.325 e. The third-order valence-corrected chi connectivity index (χ3v) is 4.61. The van der Waals surface area contributed by atoms with Crippen molar-refractivity contribution < 1.29 is 14.7 Å². The molecule has 1 aliphatic rings. The molecular weight excluding hydrogens is 360 g/mol. The Morgan fingerprint density at radius 3 is 2.43 bits per heavy atom. The van der Waals surface area contributed by atoms with E-state index in [0.717, 1.165) is 5.82 Å². The van der Waals surface area contributed by atoms with E-state index in [4.69, 9.17) is 0 Å². The number of hydrogen-bond donors (Lipinski definition) is 3. The first kappa shape index (κ1) is 19.6. The van der Waals surface area contributed by atoms with E-state index in [1.807, 2.05) is 11.8 Å². The van der Waals surface area contributed by atoms with E-state index in [9.17, 15) is 14.7 Å². The molecule has 0 saturated carbocycles. The number of nitrogens with one attached hydrogen (secondary N) is 2. The van der Waals surface area contributed by atoms with Gasteiger partial charge in [0.1, 0.15) is 11.9 Å². The lowest BCUT2D eigenvalue weighted by Gasteiger charge is -2.38. The predicted octanol–water partition coefficient (Wildman–Crippen LogP) is 1.57. The first-order valence-corrected chi connectivity index (χ1v) is 9.21. The second-order valence-electron chi connectivity index (χ2n) is 6.43. The van der Waals surface area contributed by atoms with Gasteiger partial charge in [-0.25, -0.2) is 9.78 Å². The number of carbonyl (C=O) groups excluding carboxylic acids is 1. The van der Waals surface area contributed by atoms with Crippen LogP contribution in [0.2, 0.25) is 0 Å². The fraction of sp³-hybridized carbons (Fsp3) is 0.368. The number of aromatic nitrogens is 2. The smallest absolute Gasteiger partial charge is 0.325 e. The molecule has 1 saturated heterocycles. The second-order valence-corrected chi connectivity index (χ2v) is 6.43. The van der Waals surface area contributed by atoms with Gasteiger partial charge in [-0.15, -0.1) is 0 Å². The van der Waals surface area contributed by atoms with E-state index in [1.165, 1.54) is 0 Å². The van der Waals surface area contributed by atoms with Crippen LogP contribution in [0, 0.1) is 0 Å². The SMILES string of the molecule is CCNC(=O)Nc1ccc([C@@H](C(=O)O)N2CCN(c3cnccn3)CC2)cc1. The van der Waals surface area contributed by atoms with Crippen LogP contribution in [0.3, 0.4) is 0 Å². The predicted molar refractivity (Wildman–Crippen MR) is 105 cm³/mol. The van der Waals surface area contributed by atoms with Gasteiger partial charge in [0.2, 0.25) is 0 Å². The standard InChI is InChI=1S/C19H24N6O3/c1-2-21-19(28)23-15-5-3-14(4-6-15)17(18(26)27)25-11-9-24(10-12-25)16-13-20-7-8-22-16/h3-8,13,17H,2,9-12H2,1H3,(H,26,27)(H2,21,23,28)/t17-/m0/s1. The van der Waals surface area contributed by atoms with Crippen LogP contribution in [0.25, 0.3) is 0 Å². The van der Waals surface area contributed by atoms with E-state index in [2.05, 4.69) is 25.5 Å². The molecule has 0 unspecified atom stereocenters. The van der Waals surface area contributed by atoms with Crippen molar-refractivity contribution >= 4 is 23.5 Å². The average Bonchev–Trinajstić information content (AvgIpc) is 2.71. The monoisotopic (exact) mass is 384 g/mol. The van der Waals surface area contributed by atoms with Gasteiger partial charge < -0.3 is 20.6 Å². The number of amides is 2. The summed E-state index contributed by atoms with van der Waals surface area (Å²) >= 11 is 0. The van der Waals surface area contributed by atoms with Crippen LogP contribution in [-0.2, 0) is 4.79 Å². The number of carboxylic acids is 1. The third kappa shape index (κ3) is 4.74. The minimum absolute atomic E-state index is 0.287. The van der Waals surface area contributed by atoms with Gasteiger partial charge in [-0.3, -0.25) is 14.7 Å². The Bertz CT molecular complexity index is 791. The molecule has 1 atom stereocenters. The van der Waals surface area contributed by atoms with Crippen molar-refractivity contribution in [1.82, 2.24) is 20.2 Å². The number of carboxylic acid groups (broad SMARTS) is 1. The number of carbonyl (C=O) groups is 2. The number of benzene rings is 1. The summed E-state index contributed by atoms with van der Waals surface area (Å²) in [6.45, 7) is 4.94. The van der Waals surface area contributed by atoms with Crippen molar-refractivity contribution in [2.45, 2.75) is 13.0 Å². The zero-order chi connectivity index (χ0) is 19.9. The Hall–Kier alpha value is -3.20. The number of nitrogens with zero attached hydrogens (tertiary/aromatic N) is 4. The highest BCUT2D eigenvalue weighted by atomic mass is 16.4. The minimum Gasteiger partial charge on any atom is -0.480 e. The molecule has 2 aromatic rings. The molecule has 2 amide bonds. The summed E-state index contributed by atoms with van der Waals surface area (Å²) in [7, 11) is 0. The van der Waals surface area contributed by atoms with Gasteiger partial charge >= 0.3 is 12.0 Å². The molecule has 1 aliphatic heterocycles. The number of hydrogen-bond acceptors (Lipinski definition) is 6. The third-order valence-electron chi connectivity index (χ3n) is 4.61. The Morgan fingerprint density at radius 2 is 1.86 bits per heavy atom. The van der Waals surface area contributed by atoms with E-state index in [0.29, 0.717) is 44.0 Å². The van der Waals surface area contributed by atoms with E-state index < -0.39 is 12.0 Å². The number of anilines is 2. The molecule has 3 N–H and O–H groups in total. The van der Waals surface area contributed by atoms with Crippen LogP contribution in [0.1, 0.15) is 18.5 Å². The summed E-state index contributed by atoms with van der Waals surface area (Å²) in [6, 6.07) is 5.91. The molecule has 0 spiro atoms. The van der Waals surface area contributed by atoms with Crippen molar-refractivity contribution in [3.63, 3.8) is 0 Å². The Labute approximate surface area is 163 Å². The summed E-state index contributed by atoms with van der Waals surface area (Å²) in [4.78, 5) is 36.0. The largest absolute Gasteiger partial charge is 0.480 e. The van der Waals surface area contributed by atoms with Gasteiger partial charge in [-0.2, -0.15) is 0 Å².